The number of rotatable bonds is 3. The number of benzene rings is 1. The van der Waals surface area contributed by atoms with Crippen molar-refractivity contribution in [1.29, 1.82) is 0 Å². The van der Waals surface area contributed by atoms with Gasteiger partial charge in [-0.1, -0.05) is 11.2 Å². The standard InChI is InChI=1S/C17H14FN3O2S/c1-10-7-12(4-5-13(10)18)21-9-11(8-15(21)22)17-19-16(20-23-17)14-3-2-6-24-14/h2-7,11H,8-9H2,1H3. The summed E-state index contributed by atoms with van der Waals surface area (Å²) in [5.41, 5.74) is 1.21. The smallest absolute Gasteiger partial charge is 0.232 e. The predicted molar refractivity (Wildman–Crippen MR) is 88.5 cm³/mol. The van der Waals surface area contributed by atoms with Gasteiger partial charge in [-0.2, -0.15) is 4.98 Å². The van der Waals surface area contributed by atoms with E-state index in [4.69, 9.17) is 4.52 Å². The van der Waals surface area contributed by atoms with Gasteiger partial charge < -0.3 is 9.42 Å². The zero-order chi connectivity index (χ0) is 16.7. The number of carbonyl (C=O) groups excluding carboxylic acids is 1. The first kappa shape index (κ1) is 15.0. The summed E-state index contributed by atoms with van der Waals surface area (Å²) in [7, 11) is 0. The molecule has 0 spiro atoms. The van der Waals surface area contributed by atoms with Gasteiger partial charge in [-0.3, -0.25) is 4.79 Å². The fourth-order valence-corrected chi connectivity index (χ4v) is 3.48. The average molecular weight is 343 g/mol. The Bertz CT molecular complexity index is 891. The number of carbonyl (C=O) groups is 1. The number of hydrogen-bond donors (Lipinski definition) is 0. The van der Waals surface area contributed by atoms with Crippen LogP contribution < -0.4 is 4.90 Å². The maximum atomic E-state index is 13.4. The van der Waals surface area contributed by atoms with Gasteiger partial charge in [0, 0.05) is 18.7 Å². The van der Waals surface area contributed by atoms with Crippen LogP contribution in [-0.2, 0) is 4.79 Å². The Morgan fingerprint density at radius 1 is 1.38 bits per heavy atom. The molecule has 4 rings (SSSR count). The molecule has 0 saturated carbocycles. The van der Waals surface area contributed by atoms with Crippen LogP contribution in [0, 0.1) is 12.7 Å². The van der Waals surface area contributed by atoms with E-state index in [-0.39, 0.29) is 17.6 Å². The van der Waals surface area contributed by atoms with Crippen molar-refractivity contribution in [2.24, 2.45) is 0 Å². The second-order valence-electron chi connectivity index (χ2n) is 5.77. The molecule has 5 nitrogen and oxygen atoms in total. The molecule has 7 heteroatoms. The fourth-order valence-electron chi connectivity index (χ4n) is 2.83. The van der Waals surface area contributed by atoms with E-state index in [0.717, 1.165) is 4.88 Å². The molecule has 1 aliphatic rings. The third-order valence-electron chi connectivity index (χ3n) is 4.11. The number of thiophene rings is 1. The maximum absolute atomic E-state index is 13.4. The summed E-state index contributed by atoms with van der Waals surface area (Å²) in [4.78, 5) is 19.3. The number of amides is 1. The molecular formula is C17H14FN3O2S. The highest BCUT2D eigenvalue weighted by atomic mass is 32.1. The second kappa shape index (κ2) is 5.83. The second-order valence-corrected chi connectivity index (χ2v) is 6.72. The number of aryl methyl sites for hydroxylation is 1. The highest BCUT2D eigenvalue weighted by molar-refractivity contribution is 7.13. The summed E-state index contributed by atoms with van der Waals surface area (Å²) in [6.07, 6.45) is 0.308. The molecule has 1 amide bonds. The molecule has 0 aliphatic carbocycles. The van der Waals surface area contributed by atoms with Gasteiger partial charge in [0.1, 0.15) is 5.82 Å². The lowest BCUT2D eigenvalue weighted by Gasteiger charge is -2.16. The average Bonchev–Trinajstić information content (AvgIpc) is 3.28. The topological polar surface area (TPSA) is 59.2 Å². The third kappa shape index (κ3) is 2.60. The summed E-state index contributed by atoms with van der Waals surface area (Å²) in [5, 5.41) is 5.94. The molecular weight excluding hydrogens is 329 g/mol. The van der Waals surface area contributed by atoms with Crippen molar-refractivity contribution in [3.05, 3.63) is 53.0 Å². The first-order chi connectivity index (χ1) is 11.6. The van der Waals surface area contributed by atoms with Crippen molar-refractivity contribution in [2.75, 3.05) is 11.4 Å². The van der Waals surface area contributed by atoms with Crippen molar-refractivity contribution < 1.29 is 13.7 Å². The molecule has 2 aromatic heterocycles. The Hall–Kier alpha value is -2.54. The molecule has 122 valence electrons. The van der Waals surface area contributed by atoms with Crippen molar-refractivity contribution >= 4 is 22.9 Å². The fraction of sp³-hybridized carbons (Fsp3) is 0.235. The van der Waals surface area contributed by atoms with Crippen LogP contribution in [0.1, 0.15) is 23.8 Å². The lowest BCUT2D eigenvalue weighted by molar-refractivity contribution is -0.117. The molecule has 1 atom stereocenters. The van der Waals surface area contributed by atoms with E-state index in [2.05, 4.69) is 10.1 Å². The molecule has 1 fully saturated rings. The van der Waals surface area contributed by atoms with E-state index in [1.807, 2.05) is 17.5 Å². The zero-order valence-corrected chi connectivity index (χ0v) is 13.7. The first-order valence-corrected chi connectivity index (χ1v) is 8.44. The van der Waals surface area contributed by atoms with Gasteiger partial charge in [-0.15, -0.1) is 11.3 Å². The van der Waals surface area contributed by atoms with Crippen LogP contribution in [0.25, 0.3) is 10.7 Å². The van der Waals surface area contributed by atoms with Crippen LogP contribution in [-0.4, -0.2) is 22.6 Å². The lowest BCUT2D eigenvalue weighted by atomic mass is 10.1. The number of aromatic nitrogens is 2. The van der Waals surface area contributed by atoms with E-state index in [9.17, 15) is 9.18 Å². The van der Waals surface area contributed by atoms with Crippen molar-refractivity contribution in [2.45, 2.75) is 19.3 Å². The summed E-state index contributed by atoms with van der Waals surface area (Å²) in [5.74, 6) is 0.557. The monoisotopic (exact) mass is 343 g/mol. The number of nitrogens with zero attached hydrogens (tertiary/aromatic N) is 3. The quantitative estimate of drug-likeness (QED) is 0.726. The molecule has 1 aromatic carbocycles. The first-order valence-electron chi connectivity index (χ1n) is 7.56. The van der Waals surface area contributed by atoms with Gasteiger partial charge in [0.05, 0.1) is 10.8 Å². The Kier molecular flexibility index (Phi) is 3.65. The SMILES string of the molecule is Cc1cc(N2CC(c3nc(-c4cccs4)no3)CC2=O)ccc1F. The predicted octanol–water partition coefficient (Wildman–Crippen LogP) is 3.77. The Labute approximate surface area is 141 Å². The highest BCUT2D eigenvalue weighted by Crippen LogP contribution is 2.33. The van der Waals surface area contributed by atoms with E-state index in [0.29, 0.717) is 35.9 Å². The summed E-state index contributed by atoms with van der Waals surface area (Å²) in [6.45, 7) is 2.14. The molecule has 3 aromatic rings. The highest BCUT2D eigenvalue weighted by Gasteiger charge is 2.35. The minimum atomic E-state index is -0.278. The van der Waals surface area contributed by atoms with Gasteiger partial charge in [-0.05, 0) is 42.1 Å². The van der Waals surface area contributed by atoms with Gasteiger partial charge in [-0.25, -0.2) is 4.39 Å². The van der Waals surface area contributed by atoms with Crippen molar-refractivity contribution in [3.8, 4) is 10.7 Å². The van der Waals surface area contributed by atoms with Gasteiger partial charge >= 0.3 is 0 Å². The summed E-state index contributed by atoms with van der Waals surface area (Å²) >= 11 is 1.53. The van der Waals surface area contributed by atoms with Crippen molar-refractivity contribution in [3.63, 3.8) is 0 Å². The van der Waals surface area contributed by atoms with Crippen molar-refractivity contribution in [1.82, 2.24) is 10.1 Å². The molecule has 1 unspecified atom stereocenters. The Morgan fingerprint density at radius 3 is 3.00 bits per heavy atom. The molecule has 24 heavy (non-hydrogen) atoms. The summed E-state index contributed by atoms with van der Waals surface area (Å²) < 4.78 is 18.8. The molecule has 0 bridgehead atoms. The van der Waals surface area contributed by atoms with Crippen LogP contribution in [0.5, 0.6) is 0 Å². The molecule has 1 aliphatic heterocycles. The number of hydrogen-bond acceptors (Lipinski definition) is 5. The Balaban J connectivity index is 1.56. The number of halogens is 1. The van der Waals surface area contributed by atoms with Gasteiger partial charge in [0.2, 0.25) is 17.6 Å². The molecule has 0 N–H and O–H groups in total. The van der Waals surface area contributed by atoms with Crippen LogP contribution in [0.15, 0.2) is 40.2 Å². The summed E-state index contributed by atoms with van der Waals surface area (Å²) in [6, 6.07) is 8.53. The zero-order valence-electron chi connectivity index (χ0n) is 12.9. The van der Waals surface area contributed by atoms with E-state index < -0.39 is 0 Å². The minimum absolute atomic E-state index is 0.0260. The lowest BCUT2D eigenvalue weighted by Crippen LogP contribution is -2.24. The normalized spacial score (nSPS) is 17.7. The van der Waals surface area contributed by atoms with Gasteiger partial charge in [0.25, 0.3) is 0 Å². The van der Waals surface area contributed by atoms with Crippen LogP contribution >= 0.6 is 11.3 Å². The number of anilines is 1. The largest absolute Gasteiger partial charge is 0.339 e. The van der Waals surface area contributed by atoms with Crippen LogP contribution in [0.4, 0.5) is 10.1 Å². The minimum Gasteiger partial charge on any atom is -0.339 e. The maximum Gasteiger partial charge on any atom is 0.232 e. The third-order valence-corrected chi connectivity index (χ3v) is 4.98. The van der Waals surface area contributed by atoms with Crippen LogP contribution in [0.2, 0.25) is 0 Å². The van der Waals surface area contributed by atoms with E-state index >= 15 is 0 Å². The van der Waals surface area contributed by atoms with Gasteiger partial charge in [0.15, 0.2) is 0 Å². The molecule has 3 heterocycles. The molecule has 0 radical (unpaired) electrons. The van der Waals surface area contributed by atoms with E-state index in [1.165, 1.54) is 17.4 Å². The molecule has 1 saturated heterocycles. The van der Waals surface area contributed by atoms with E-state index in [1.54, 1.807) is 24.0 Å². The van der Waals surface area contributed by atoms with Crippen LogP contribution in [0.3, 0.4) is 0 Å². The Morgan fingerprint density at radius 2 is 2.25 bits per heavy atom.